The molecule has 0 unspecified atom stereocenters. The van der Waals surface area contributed by atoms with Crippen molar-refractivity contribution in [1.82, 2.24) is 44.9 Å². The van der Waals surface area contributed by atoms with Gasteiger partial charge in [-0.05, 0) is 89.7 Å². The van der Waals surface area contributed by atoms with Gasteiger partial charge < -0.3 is 27.4 Å². The summed E-state index contributed by atoms with van der Waals surface area (Å²) >= 11 is 0. The minimum absolute atomic E-state index is 0. The van der Waals surface area contributed by atoms with Crippen molar-refractivity contribution in [2.75, 3.05) is 0 Å². The summed E-state index contributed by atoms with van der Waals surface area (Å²) in [5, 5.41) is 0. The zero-order chi connectivity index (χ0) is 38.8. The van der Waals surface area contributed by atoms with Crippen molar-refractivity contribution >= 4 is 29.9 Å². The Kier molecular flexibility index (Phi) is 14.1. The predicted octanol–water partition coefficient (Wildman–Crippen LogP) is 8.47. The van der Waals surface area contributed by atoms with Gasteiger partial charge >= 0.3 is 52.5 Å². The number of H-pyrrole nitrogens is 1. The standard InChI is InChI=1S/C19H12N5.2C10H8N2.ClH.F6P.Ru/c1-2-7-13-12(6-1)21-18(22-13)16-10-5-11-17(20-16)19-23-14-8-3-4-9-15(14)24-19;2*1-3-7-11-9(5-1)10-6-2-4-8-12-10;;1-7(2,3,4,5)6;/h1-11H,(H-,21,22,23,24);2*1-8H;1H;;/q-1;;;;-1;+3/p-1. The van der Waals surface area contributed by atoms with Gasteiger partial charge in [0.1, 0.15) is 5.69 Å². The predicted molar refractivity (Wildman–Crippen MR) is 202 cm³/mol. The summed E-state index contributed by atoms with van der Waals surface area (Å²) in [6.07, 6.45) is 7.07. The summed E-state index contributed by atoms with van der Waals surface area (Å²) in [7, 11) is -10.7. The van der Waals surface area contributed by atoms with Crippen LogP contribution in [0.25, 0.3) is 67.9 Å². The summed E-state index contributed by atoms with van der Waals surface area (Å²) in [5.74, 6) is 1.38. The molecule has 1 N–H and O–H groups in total. The van der Waals surface area contributed by atoms with Gasteiger partial charge in [-0.15, -0.1) is 0 Å². The van der Waals surface area contributed by atoms with Crippen molar-refractivity contribution in [2.45, 2.75) is 0 Å². The van der Waals surface area contributed by atoms with Crippen molar-refractivity contribution in [3.63, 3.8) is 0 Å². The molecule has 1 radical (unpaired) electrons. The Labute approximate surface area is 340 Å². The molecule has 2 aromatic carbocycles. The first-order valence-corrected chi connectivity index (χ1v) is 18.3. The van der Waals surface area contributed by atoms with Gasteiger partial charge in [-0.2, -0.15) is 0 Å². The number of imidazole rings is 2. The van der Waals surface area contributed by atoms with Gasteiger partial charge in [0.15, 0.2) is 5.82 Å². The number of nitrogens with zero attached hydrogens (tertiary/aromatic N) is 8. The Hall–Kier alpha value is -5.95. The summed E-state index contributed by atoms with van der Waals surface area (Å²) in [4.78, 5) is 38.4. The Balaban J connectivity index is 0.000000186. The normalized spacial score (nSPS) is 11.7. The van der Waals surface area contributed by atoms with Crippen molar-refractivity contribution in [2.24, 2.45) is 0 Å². The Morgan fingerprint density at radius 2 is 0.825 bits per heavy atom. The summed E-state index contributed by atoms with van der Waals surface area (Å²) in [6.45, 7) is 0. The second kappa shape index (κ2) is 18.3. The van der Waals surface area contributed by atoms with Crippen LogP contribution in [0.1, 0.15) is 0 Å². The quantitative estimate of drug-likeness (QED) is 0.106. The number of rotatable bonds is 4. The van der Waals surface area contributed by atoms with Crippen molar-refractivity contribution in [3.8, 4) is 45.8 Å². The fourth-order valence-electron chi connectivity index (χ4n) is 4.84. The van der Waals surface area contributed by atoms with E-state index in [1.807, 2.05) is 140 Å². The molecule has 0 aliphatic carbocycles. The third-order valence-electron chi connectivity index (χ3n) is 7.13. The summed E-state index contributed by atoms with van der Waals surface area (Å²) < 4.78 is 59.2. The minimum atomic E-state index is -10.7. The molecule has 0 saturated heterocycles. The molecule has 0 bridgehead atoms. The molecule has 57 heavy (non-hydrogen) atoms. The topological polar surface area (TPSA) is 120 Å². The molecule has 9 rings (SSSR count). The number of nitrogens with one attached hydrogen (secondary N) is 1. The fraction of sp³-hybridized carbons (Fsp3) is 0. The van der Waals surface area contributed by atoms with Gasteiger partial charge in [-0.1, -0.05) is 66.7 Å². The van der Waals surface area contributed by atoms with Crippen LogP contribution in [0.4, 0.5) is 25.2 Å². The van der Waals surface area contributed by atoms with Crippen molar-refractivity contribution in [1.29, 1.82) is 0 Å². The molecule has 9 aromatic rings. The van der Waals surface area contributed by atoms with E-state index >= 15 is 0 Å². The van der Waals surface area contributed by atoms with Gasteiger partial charge in [0.05, 0.1) is 39.5 Å². The number of pyridine rings is 5. The number of halogens is 7. The number of benzene rings is 2. The molecule has 7 heterocycles. The summed E-state index contributed by atoms with van der Waals surface area (Å²) in [5.41, 5.74) is 8.85. The number of aromatic amines is 1. The molecule has 0 atom stereocenters. The molecule has 0 saturated carbocycles. The van der Waals surface area contributed by atoms with E-state index in [4.69, 9.17) is 0 Å². The molecule has 7 aromatic heterocycles. The molecule has 18 heteroatoms. The van der Waals surface area contributed by atoms with Crippen LogP contribution in [0.2, 0.25) is 0 Å². The van der Waals surface area contributed by atoms with E-state index in [1.54, 1.807) is 24.8 Å². The average molecular weight is 904 g/mol. The van der Waals surface area contributed by atoms with Crippen LogP contribution in [0.3, 0.4) is 0 Å². The van der Waals surface area contributed by atoms with Crippen LogP contribution in [0.15, 0.2) is 164 Å². The largest absolute Gasteiger partial charge is 3.00 e. The zero-order valence-electron chi connectivity index (χ0n) is 29.1. The molecule has 0 spiro atoms. The van der Waals surface area contributed by atoms with Crippen molar-refractivity contribution in [3.05, 3.63) is 164 Å². The van der Waals surface area contributed by atoms with E-state index < -0.39 is 7.81 Å². The number of para-hydroxylation sites is 4. The number of hydrogen-bond donors (Lipinski definition) is 1. The monoisotopic (exact) mass is 904 g/mol. The average Bonchev–Trinajstić information content (AvgIpc) is 3.84. The van der Waals surface area contributed by atoms with Gasteiger partial charge in [0.25, 0.3) is 0 Å². The van der Waals surface area contributed by atoms with Crippen LogP contribution in [0, 0.1) is 0 Å². The van der Waals surface area contributed by atoms with Crippen LogP contribution in [-0.4, -0.2) is 39.9 Å². The Bertz CT molecular complexity index is 2290. The van der Waals surface area contributed by atoms with Crippen molar-refractivity contribution < 1.29 is 57.1 Å². The van der Waals surface area contributed by atoms with E-state index in [1.165, 1.54) is 0 Å². The molecule has 9 nitrogen and oxygen atoms in total. The molecular weight excluding hydrogens is 876 g/mol. The number of fused-ring (bicyclic) bond motifs is 2. The summed E-state index contributed by atoms with van der Waals surface area (Å²) in [6, 6.07) is 44.7. The van der Waals surface area contributed by atoms with E-state index in [0.717, 1.165) is 62.1 Å². The molecule has 0 fully saturated rings. The third kappa shape index (κ3) is 14.3. The van der Waals surface area contributed by atoms with Gasteiger partial charge in [0.2, 0.25) is 0 Å². The molecule has 291 valence electrons. The Morgan fingerprint density at radius 3 is 1.26 bits per heavy atom. The molecule has 0 aliphatic rings. The maximum Gasteiger partial charge on any atom is 3.00 e. The van der Waals surface area contributed by atoms with Gasteiger partial charge in [-0.25, -0.2) is 9.97 Å². The number of hydrogen-bond acceptors (Lipinski definition) is 7. The number of aromatic nitrogens is 9. The molecule has 0 amide bonds. The SMILES string of the molecule is F[P-](F)(F)(F)(F)F.[Cl-].[Ru+3].c1cc(-c2nc3ccccc3[n-]2)nc(-c2nc3ccccc3[nH]2)c1.c1ccc(-c2ccccn2)nc1.c1ccc(-c2ccccn2)nc1. The molecule has 0 aliphatic heterocycles. The Morgan fingerprint density at radius 1 is 0.421 bits per heavy atom. The first-order valence-electron chi connectivity index (χ1n) is 16.3. The second-order valence-corrected chi connectivity index (χ2v) is 13.3. The first kappa shape index (κ1) is 43.8. The van der Waals surface area contributed by atoms with E-state index in [0.29, 0.717) is 5.82 Å². The fourth-order valence-corrected chi connectivity index (χ4v) is 4.84. The second-order valence-electron chi connectivity index (χ2n) is 11.4. The third-order valence-corrected chi connectivity index (χ3v) is 7.13. The smallest absolute Gasteiger partial charge is 1.00 e. The van der Waals surface area contributed by atoms with Crippen LogP contribution >= 0.6 is 7.81 Å². The van der Waals surface area contributed by atoms with E-state index in [2.05, 4.69) is 44.9 Å². The maximum absolute atomic E-state index is 10.7. The minimum Gasteiger partial charge on any atom is -1.00 e. The molecular formula is C39H28ClF6N9PRu. The van der Waals surface area contributed by atoms with Crippen LogP contribution in [0.5, 0.6) is 0 Å². The van der Waals surface area contributed by atoms with Gasteiger partial charge in [0, 0.05) is 24.8 Å². The van der Waals surface area contributed by atoms with E-state index in [-0.39, 0.29) is 31.9 Å². The maximum atomic E-state index is 9.87. The first-order chi connectivity index (χ1) is 26.2. The zero-order valence-corrected chi connectivity index (χ0v) is 32.5. The van der Waals surface area contributed by atoms with Crippen LogP contribution in [-0.2, 0) is 19.5 Å². The van der Waals surface area contributed by atoms with Crippen LogP contribution < -0.4 is 17.4 Å². The van der Waals surface area contributed by atoms with Gasteiger partial charge in [-0.3, -0.25) is 19.9 Å². The van der Waals surface area contributed by atoms with E-state index in [9.17, 15) is 25.2 Å².